The van der Waals surface area contributed by atoms with Crippen LogP contribution >= 0.6 is 0 Å². The van der Waals surface area contributed by atoms with Crippen LogP contribution < -0.4 is 0 Å². The number of rotatable bonds is 11. The van der Waals surface area contributed by atoms with Gasteiger partial charge >= 0.3 is 0 Å². The summed E-state index contributed by atoms with van der Waals surface area (Å²) in [4.78, 5) is 0. The molecule has 0 aliphatic rings. The van der Waals surface area contributed by atoms with E-state index in [1.807, 2.05) is 0 Å². The van der Waals surface area contributed by atoms with E-state index in [1.54, 1.807) is 0 Å². The van der Waals surface area contributed by atoms with Crippen molar-refractivity contribution in [2.24, 2.45) is 0 Å². The van der Waals surface area contributed by atoms with Crippen LogP contribution in [0.25, 0.3) is 0 Å². The van der Waals surface area contributed by atoms with Gasteiger partial charge < -0.3 is 9.84 Å². The average Bonchev–Trinajstić information content (AvgIpc) is 2.38. The zero-order valence-corrected chi connectivity index (χ0v) is 13.7. The summed E-state index contributed by atoms with van der Waals surface area (Å²) in [6.45, 7) is 10.2. The van der Waals surface area contributed by atoms with E-state index in [4.69, 9.17) is 9.84 Å². The van der Waals surface area contributed by atoms with Crippen molar-refractivity contribution in [3.05, 3.63) is 34.9 Å². The molecule has 2 nitrogen and oxygen atoms in total. The van der Waals surface area contributed by atoms with E-state index in [0.29, 0.717) is 13.2 Å². The van der Waals surface area contributed by atoms with Gasteiger partial charge in [0, 0.05) is 13.2 Å². The molecule has 0 rings (SSSR count). The molecule has 0 radical (unpaired) electrons. The van der Waals surface area contributed by atoms with E-state index in [0.717, 1.165) is 32.1 Å². The van der Waals surface area contributed by atoms with Crippen LogP contribution in [0.3, 0.4) is 0 Å². The third-order valence-electron chi connectivity index (χ3n) is 3.12. The van der Waals surface area contributed by atoms with Gasteiger partial charge in [-0.3, -0.25) is 0 Å². The number of hydrogen-bond donors (Lipinski definition) is 1. The molecule has 0 aliphatic carbocycles. The van der Waals surface area contributed by atoms with Crippen molar-refractivity contribution in [1.29, 1.82) is 0 Å². The van der Waals surface area contributed by atoms with Gasteiger partial charge in [0.15, 0.2) is 0 Å². The normalized spacial score (nSPS) is 12.7. The average molecular weight is 280 g/mol. The first-order valence-electron chi connectivity index (χ1n) is 7.69. The summed E-state index contributed by atoms with van der Waals surface area (Å²) in [5.74, 6) is 0. The maximum absolute atomic E-state index is 8.63. The molecule has 2 heteroatoms. The Labute approximate surface area is 125 Å². The molecule has 0 aromatic heterocycles. The molecule has 0 fully saturated rings. The number of ether oxygens (including phenoxy) is 1. The third kappa shape index (κ3) is 13.6. The minimum atomic E-state index is 0.208. The standard InChI is InChI=1S/C18H32O2/c1-16(2)8-5-9-17(3)10-6-11-18(4)12-15-20-14-7-13-19/h8,10,12,19H,5-7,9,11,13-15H2,1-4H3/b17-10+,18-12+. The summed E-state index contributed by atoms with van der Waals surface area (Å²) < 4.78 is 5.39. The molecule has 0 saturated carbocycles. The van der Waals surface area contributed by atoms with Crippen molar-refractivity contribution in [1.82, 2.24) is 0 Å². The lowest BCUT2D eigenvalue weighted by molar-refractivity contribution is 0.138. The third-order valence-corrected chi connectivity index (χ3v) is 3.12. The minimum Gasteiger partial charge on any atom is -0.396 e. The van der Waals surface area contributed by atoms with Crippen LogP contribution in [0.5, 0.6) is 0 Å². The Balaban J connectivity index is 3.74. The SMILES string of the molecule is CC(C)=CCC/C(C)=C/CC/C(C)=C/COCCCO. The van der Waals surface area contributed by atoms with E-state index in [1.165, 1.54) is 16.7 Å². The molecule has 0 saturated heterocycles. The highest BCUT2D eigenvalue weighted by molar-refractivity contribution is 5.05. The Hall–Kier alpha value is -0.860. The van der Waals surface area contributed by atoms with Gasteiger partial charge in [0.05, 0.1) is 6.61 Å². The van der Waals surface area contributed by atoms with Gasteiger partial charge in [-0.1, -0.05) is 34.9 Å². The lowest BCUT2D eigenvalue weighted by atomic mass is 10.1. The second kappa shape index (κ2) is 13.1. The van der Waals surface area contributed by atoms with Gasteiger partial charge in [0.2, 0.25) is 0 Å². The Kier molecular flexibility index (Phi) is 12.6. The molecule has 0 aromatic rings. The second-order valence-corrected chi connectivity index (χ2v) is 5.61. The molecule has 0 aliphatic heterocycles. The monoisotopic (exact) mass is 280 g/mol. The Morgan fingerprint density at radius 2 is 1.50 bits per heavy atom. The zero-order valence-electron chi connectivity index (χ0n) is 13.7. The van der Waals surface area contributed by atoms with Crippen LogP contribution in [0.15, 0.2) is 34.9 Å². The molecule has 0 heterocycles. The number of aliphatic hydroxyl groups excluding tert-OH is 1. The van der Waals surface area contributed by atoms with Gasteiger partial charge in [0.25, 0.3) is 0 Å². The molecule has 20 heavy (non-hydrogen) atoms. The summed E-state index contributed by atoms with van der Waals surface area (Å²) >= 11 is 0. The molecule has 1 N–H and O–H groups in total. The van der Waals surface area contributed by atoms with Crippen molar-refractivity contribution in [2.75, 3.05) is 19.8 Å². The van der Waals surface area contributed by atoms with Gasteiger partial charge in [-0.15, -0.1) is 0 Å². The van der Waals surface area contributed by atoms with E-state index >= 15 is 0 Å². The smallest absolute Gasteiger partial charge is 0.0649 e. The fourth-order valence-corrected chi connectivity index (χ4v) is 1.79. The van der Waals surface area contributed by atoms with Crippen LogP contribution in [0.2, 0.25) is 0 Å². The highest BCUT2D eigenvalue weighted by Crippen LogP contribution is 2.11. The highest BCUT2D eigenvalue weighted by Gasteiger charge is 1.92. The van der Waals surface area contributed by atoms with Crippen molar-refractivity contribution < 1.29 is 9.84 Å². The Bertz CT molecular complexity index is 320. The molecule has 0 spiro atoms. The maximum Gasteiger partial charge on any atom is 0.0649 e. The first-order chi connectivity index (χ1) is 9.56. The minimum absolute atomic E-state index is 0.208. The fourth-order valence-electron chi connectivity index (χ4n) is 1.79. The Morgan fingerprint density at radius 3 is 2.10 bits per heavy atom. The number of aliphatic hydroxyl groups is 1. The highest BCUT2D eigenvalue weighted by atomic mass is 16.5. The number of allylic oxidation sites excluding steroid dienone is 5. The number of hydrogen-bond acceptors (Lipinski definition) is 2. The van der Waals surface area contributed by atoms with E-state index in [2.05, 4.69) is 45.9 Å². The van der Waals surface area contributed by atoms with Crippen molar-refractivity contribution >= 4 is 0 Å². The molecule has 0 aromatic carbocycles. The zero-order chi connectivity index (χ0) is 15.2. The summed E-state index contributed by atoms with van der Waals surface area (Å²) in [5.41, 5.74) is 4.26. The lowest BCUT2D eigenvalue weighted by Gasteiger charge is -2.02. The van der Waals surface area contributed by atoms with Gasteiger partial charge in [-0.2, -0.15) is 0 Å². The van der Waals surface area contributed by atoms with Gasteiger partial charge in [0.1, 0.15) is 0 Å². The predicted molar refractivity (Wildman–Crippen MR) is 87.9 cm³/mol. The van der Waals surface area contributed by atoms with Crippen molar-refractivity contribution in [3.8, 4) is 0 Å². The summed E-state index contributed by atoms with van der Waals surface area (Å²) in [7, 11) is 0. The quantitative estimate of drug-likeness (QED) is 0.435. The van der Waals surface area contributed by atoms with Crippen molar-refractivity contribution in [2.45, 2.75) is 59.8 Å². The van der Waals surface area contributed by atoms with Gasteiger partial charge in [-0.25, -0.2) is 0 Å². The largest absolute Gasteiger partial charge is 0.396 e. The van der Waals surface area contributed by atoms with Crippen LogP contribution in [0, 0.1) is 0 Å². The molecule has 116 valence electrons. The van der Waals surface area contributed by atoms with E-state index in [9.17, 15) is 0 Å². The first-order valence-corrected chi connectivity index (χ1v) is 7.69. The van der Waals surface area contributed by atoms with E-state index in [-0.39, 0.29) is 6.61 Å². The fraction of sp³-hybridized carbons (Fsp3) is 0.667. The van der Waals surface area contributed by atoms with Crippen LogP contribution in [0.1, 0.15) is 59.8 Å². The topological polar surface area (TPSA) is 29.5 Å². The maximum atomic E-state index is 8.63. The van der Waals surface area contributed by atoms with E-state index < -0.39 is 0 Å². The molecule has 0 atom stereocenters. The molecular weight excluding hydrogens is 248 g/mol. The Morgan fingerprint density at radius 1 is 0.900 bits per heavy atom. The first kappa shape index (κ1) is 19.1. The summed E-state index contributed by atoms with van der Waals surface area (Å²) in [6.07, 6.45) is 12.0. The molecule has 0 amide bonds. The predicted octanol–water partition coefficient (Wildman–Crippen LogP) is 4.80. The lowest BCUT2D eigenvalue weighted by Crippen LogP contribution is -1.97. The van der Waals surface area contributed by atoms with Crippen LogP contribution in [-0.4, -0.2) is 24.9 Å². The summed E-state index contributed by atoms with van der Waals surface area (Å²) in [6, 6.07) is 0. The van der Waals surface area contributed by atoms with Crippen LogP contribution in [-0.2, 0) is 4.74 Å². The van der Waals surface area contributed by atoms with Crippen molar-refractivity contribution in [3.63, 3.8) is 0 Å². The summed E-state index contributed by atoms with van der Waals surface area (Å²) in [5, 5.41) is 8.63. The molecule has 0 bridgehead atoms. The second-order valence-electron chi connectivity index (χ2n) is 5.61. The molecule has 0 unspecified atom stereocenters. The molecular formula is C18H32O2. The van der Waals surface area contributed by atoms with Gasteiger partial charge in [-0.05, 0) is 59.8 Å². The van der Waals surface area contributed by atoms with Crippen LogP contribution in [0.4, 0.5) is 0 Å².